The lowest BCUT2D eigenvalue weighted by Crippen LogP contribution is -1.99. The second-order valence-electron chi connectivity index (χ2n) is 3.35. The van der Waals surface area contributed by atoms with Gasteiger partial charge in [0.2, 0.25) is 0 Å². The molecule has 0 fully saturated rings. The van der Waals surface area contributed by atoms with Crippen LogP contribution in [0.5, 0.6) is 0 Å². The molecule has 1 atom stereocenters. The summed E-state index contributed by atoms with van der Waals surface area (Å²) in [5.74, 6) is 0. The summed E-state index contributed by atoms with van der Waals surface area (Å²) < 4.78 is 2.00. The first kappa shape index (κ1) is 12.2. The Morgan fingerprint density at radius 2 is 2.00 bits per heavy atom. The first-order chi connectivity index (χ1) is 7.66. The van der Waals surface area contributed by atoms with E-state index in [1.807, 2.05) is 18.2 Å². The van der Waals surface area contributed by atoms with Gasteiger partial charge in [0.25, 0.3) is 0 Å². The first-order valence-electron chi connectivity index (χ1n) is 4.68. The molecule has 0 spiro atoms. The summed E-state index contributed by atoms with van der Waals surface area (Å²) in [6.07, 6.45) is 3.63. The van der Waals surface area contributed by atoms with Crippen LogP contribution < -0.4 is 0 Å². The SMILES string of the molecule is OC(Cc1ccncc1)c1cc(Br)c(Br)s1. The number of pyridine rings is 1. The zero-order valence-corrected chi connectivity index (χ0v) is 12.2. The molecule has 0 saturated carbocycles. The standard InChI is InChI=1S/C11H9Br2NOS/c12-8-6-10(16-11(8)13)9(15)5-7-1-3-14-4-2-7/h1-4,6,9,15H,5H2. The summed E-state index contributed by atoms with van der Waals surface area (Å²) in [6.45, 7) is 0. The average Bonchev–Trinajstić information content (AvgIpc) is 2.61. The van der Waals surface area contributed by atoms with Crippen LogP contribution in [0.15, 0.2) is 38.9 Å². The molecule has 0 radical (unpaired) electrons. The van der Waals surface area contributed by atoms with Gasteiger partial charge in [0.15, 0.2) is 0 Å². The van der Waals surface area contributed by atoms with E-state index in [9.17, 15) is 5.11 Å². The van der Waals surface area contributed by atoms with Crippen molar-refractivity contribution in [1.29, 1.82) is 0 Å². The monoisotopic (exact) mass is 361 g/mol. The van der Waals surface area contributed by atoms with E-state index in [0.29, 0.717) is 6.42 Å². The lowest BCUT2D eigenvalue weighted by molar-refractivity contribution is 0.182. The van der Waals surface area contributed by atoms with Crippen LogP contribution >= 0.6 is 43.2 Å². The Hall–Kier alpha value is -0.230. The van der Waals surface area contributed by atoms with Gasteiger partial charge in [-0.1, -0.05) is 0 Å². The second-order valence-corrected chi connectivity index (χ2v) is 6.60. The normalized spacial score (nSPS) is 12.7. The molecule has 0 aliphatic carbocycles. The van der Waals surface area contributed by atoms with Crippen LogP contribution in [-0.2, 0) is 6.42 Å². The third kappa shape index (κ3) is 2.91. The van der Waals surface area contributed by atoms with Gasteiger partial charge in [-0.3, -0.25) is 4.98 Å². The minimum absolute atomic E-state index is 0.463. The Morgan fingerprint density at radius 3 is 2.56 bits per heavy atom. The van der Waals surface area contributed by atoms with Gasteiger partial charge < -0.3 is 5.11 Å². The largest absolute Gasteiger partial charge is 0.387 e. The molecule has 0 saturated heterocycles. The molecular weight excluding hydrogens is 354 g/mol. The van der Waals surface area contributed by atoms with Crippen molar-refractivity contribution < 1.29 is 5.11 Å². The molecule has 16 heavy (non-hydrogen) atoms. The number of halogens is 2. The summed E-state index contributed by atoms with van der Waals surface area (Å²) in [5, 5.41) is 10.1. The molecule has 2 rings (SSSR count). The Labute approximate surface area is 115 Å². The lowest BCUT2D eigenvalue weighted by atomic mass is 10.1. The molecule has 0 bridgehead atoms. The van der Waals surface area contributed by atoms with Gasteiger partial charge in [0.1, 0.15) is 0 Å². The number of thiophene rings is 1. The molecule has 2 heterocycles. The Bertz CT molecular complexity index is 453. The highest BCUT2D eigenvalue weighted by molar-refractivity contribution is 9.13. The van der Waals surface area contributed by atoms with Gasteiger partial charge >= 0.3 is 0 Å². The third-order valence-electron chi connectivity index (χ3n) is 2.17. The Morgan fingerprint density at radius 1 is 1.31 bits per heavy atom. The van der Waals surface area contributed by atoms with Gasteiger partial charge in [0, 0.05) is 28.2 Å². The summed E-state index contributed by atoms with van der Waals surface area (Å²) in [4.78, 5) is 4.90. The van der Waals surface area contributed by atoms with Gasteiger partial charge in [-0.15, -0.1) is 11.3 Å². The topological polar surface area (TPSA) is 33.1 Å². The fourth-order valence-electron chi connectivity index (χ4n) is 1.37. The van der Waals surface area contributed by atoms with E-state index < -0.39 is 6.10 Å². The summed E-state index contributed by atoms with van der Waals surface area (Å²) in [5.41, 5.74) is 1.09. The molecule has 84 valence electrons. The van der Waals surface area contributed by atoms with Gasteiger partial charge in [-0.05, 0) is 55.6 Å². The van der Waals surface area contributed by atoms with Crippen LogP contribution in [0, 0.1) is 0 Å². The van der Waals surface area contributed by atoms with E-state index >= 15 is 0 Å². The van der Waals surface area contributed by atoms with Crippen LogP contribution in [0.3, 0.4) is 0 Å². The van der Waals surface area contributed by atoms with Crippen molar-refractivity contribution in [3.63, 3.8) is 0 Å². The Kier molecular flexibility index (Phi) is 4.13. The molecule has 1 N–H and O–H groups in total. The van der Waals surface area contributed by atoms with Crippen molar-refractivity contribution in [3.8, 4) is 0 Å². The van der Waals surface area contributed by atoms with Crippen LogP contribution in [-0.4, -0.2) is 10.1 Å². The van der Waals surface area contributed by atoms with E-state index in [1.165, 1.54) is 0 Å². The summed E-state index contributed by atoms with van der Waals surface area (Å²) in [6, 6.07) is 5.78. The van der Waals surface area contributed by atoms with Crippen molar-refractivity contribution in [1.82, 2.24) is 4.98 Å². The zero-order chi connectivity index (χ0) is 11.5. The average molecular weight is 363 g/mol. The molecule has 0 aromatic carbocycles. The van der Waals surface area contributed by atoms with Crippen LogP contribution in [0.1, 0.15) is 16.5 Å². The minimum atomic E-state index is -0.463. The molecule has 5 heteroatoms. The molecule has 1 unspecified atom stereocenters. The molecule has 0 aliphatic heterocycles. The van der Waals surface area contributed by atoms with Crippen molar-refractivity contribution in [2.24, 2.45) is 0 Å². The van der Waals surface area contributed by atoms with Crippen LogP contribution in [0.2, 0.25) is 0 Å². The predicted octanol–water partition coefficient (Wildman–Crippen LogP) is 3.94. The van der Waals surface area contributed by atoms with Crippen molar-refractivity contribution in [3.05, 3.63) is 49.3 Å². The highest BCUT2D eigenvalue weighted by Crippen LogP contribution is 2.36. The molecule has 2 aromatic heterocycles. The van der Waals surface area contributed by atoms with E-state index in [-0.39, 0.29) is 0 Å². The van der Waals surface area contributed by atoms with Gasteiger partial charge in [-0.2, -0.15) is 0 Å². The lowest BCUT2D eigenvalue weighted by Gasteiger charge is -2.07. The maximum absolute atomic E-state index is 10.1. The van der Waals surface area contributed by atoms with Crippen LogP contribution in [0.4, 0.5) is 0 Å². The van der Waals surface area contributed by atoms with Crippen LogP contribution in [0.25, 0.3) is 0 Å². The maximum Gasteiger partial charge on any atom is 0.0923 e. The van der Waals surface area contributed by atoms with Gasteiger partial charge in [-0.25, -0.2) is 0 Å². The quantitative estimate of drug-likeness (QED) is 0.896. The fourth-order valence-corrected chi connectivity index (χ4v) is 3.45. The summed E-state index contributed by atoms with van der Waals surface area (Å²) in [7, 11) is 0. The molecule has 0 aliphatic rings. The third-order valence-corrected chi connectivity index (χ3v) is 5.53. The predicted molar refractivity (Wildman–Crippen MR) is 72.6 cm³/mol. The molecule has 2 aromatic rings. The number of hydrogen-bond donors (Lipinski definition) is 1. The van der Waals surface area contributed by atoms with Crippen molar-refractivity contribution in [2.45, 2.75) is 12.5 Å². The van der Waals surface area contributed by atoms with Crippen molar-refractivity contribution in [2.75, 3.05) is 0 Å². The number of hydrogen-bond acceptors (Lipinski definition) is 3. The second kappa shape index (κ2) is 5.40. The van der Waals surface area contributed by atoms with E-state index in [2.05, 4.69) is 36.8 Å². The summed E-state index contributed by atoms with van der Waals surface area (Å²) >= 11 is 8.38. The molecular formula is C11H9Br2NOS. The maximum atomic E-state index is 10.1. The number of aliphatic hydroxyl groups excluding tert-OH is 1. The van der Waals surface area contributed by atoms with E-state index in [4.69, 9.17) is 0 Å². The first-order valence-corrected chi connectivity index (χ1v) is 7.09. The van der Waals surface area contributed by atoms with Gasteiger partial charge in [0.05, 0.1) is 9.89 Å². The number of aliphatic hydroxyl groups is 1. The van der Waals surface area contributed by atoms with Crippen molar-refractivity contribution >= 4 is 43.2 Å². The highest BCUT2D eigenvalue weighted by atomic mass is 79.9. The fraction of sp³-hybridized carbons (Fsp3) is 0.182. The Balaban J connectivity index is 2.11. The number of aromatic nitrogens is 1. The number of rotatable bonds is 3. The molecule has 2 nitrogen and oxygen atoms in total. The highest BCUT2D eigenvalue weighted by Gasteiger charge is 2.13. The van der Waals surface area contributed by atoms with E-state index in [0.717, 1.165) is 18.7 Å². The smallest absolute Gasteiger partial charge is 0.0923 e. The zero-order valence-electron chi connectivity index (χ0n) is 8.23. The minimum Gasteiger partial charge on any atom is -0.387 e. The molecule has 0 amide bonds. The number of nitrogens with zero attached hydrogens (tertiary/aromatic N) is 1. The van der Waals surface area contributed by atoms with E-state index in [1.54, 1.807) is 23.7 Å².